The Hall–Kier alpha value is -0.980. The molecule has 0 unspecified atom stereocenters. The van der Waals surface area contributed by atoms with Gasteiger partial charge in [0.05, 0.1) is 0 Å². The molecule has 0 aliphatic carbocycles. The highest BCUT2D eigenvalue weighted by Gasteiger charge is 2.07. The smallest absolute Gasteiger partial charge is 0.0371 e. The van der Waals surface area contributed by atoms with Crippen molar-refractivity contribution >= 4 is 5.69 Å². The van der Waals surface area contributed by atoms with E-state index in [1.165, 1.54) is 23.2 Å². The van der Waals surface area contributed by atoms with Crippen molar-refractivity contribution in [3.63, 3.8) is 0 Å². The van der Waals surface area contributed by atoms with E-state index in [4.69, 9.17) is 0 Å². The molecule has 1 aromatic rings. The number of rotatable bonds is 5. The van der Waals surface area contributed by atoms with Crippen molar-refractivity contribution in [1.29, 1.82) is 0 Å². The van der Waals surface area contributed by atoms with Crippen LogP contribution in [0.4, 0.5) is 5.69 Å². The van der Waals surface area contributed by atoms with Gasteiger partial charge < -0.3 is 4.90 Å². The first-order valence-corrected chi connectivity index (χ1v) is 6.45. The molecule has 0 saturated carbocycles. The van der Waals surface area contributed by atoms with Crippen LogP contribution in [-0.4, -0.2) is 13.1 Å². The van der Waals surface area contributed by atoms with Gasteiger partial charge in [0.25, 0.3) is 0 Å². The van der Waals surface area contributed by atoms with Gasteiger partial charge in [0, 0.05) is 18.8 Å². The highest BCUT2D eigenvalue weighted by molar-refractivity contribution is 5.51. The second-order valence-corrected chi connectivity index (χ2v) is 4.84. The first-order chi connectivity index (χ1) is 7.58. The van der Waals surface area contributed by atoms with Crippen LogP contribution >= 0.6 is 0 Å². The molecule has 0 aliphatic rings. The zero-order valence-electron chi connectivity index (χ0n) is 11.4. The van der Waals surface area contributed by atoms with Crippen LogP contribution in [0.5, 0.6) is 0 Å². The van der Waals surface area contributed by atoms with E-state index in [1.807, 2.05) is 0 Å². The zero-order chi connectivity index (χ0) is 12.1. The molecule has 0 heterocycles. The minimum absolute atomic E-state index is 0.610. The van der Waals surface area contributed by atoms with Gasteiger partial charge in [-0.3, -0.25) is 0 Å². The van der Waals surface area contributed by atoms with Crippen LogP contribution in [0.3, 0.4) is 0 Å². The van der Waals surface area contributed by atoms with Crippen molar-refractivity contribution in [1.82, 2.24) is 0 Å². The average Bonchev–Trinajstić information content (AvgIpc) is 2.24. The average molecular weight is 219 g/mol. The van der Waals surface area contributed by atoms with Crippen molar-refractivity contribution in [2.24, 2.45) is 0 Å². The molecule has 0 atom stereocenters. The SMILES string of the molecule is CCCN(CC)c1cc(C)cc(C(C)C)c1. The van der Waals surface area contributed by atoms with Gasteiger partial charge in [-0.25, -0.2) is 0 Å². The van der Waals surface area contributed by atoms with Crippen molar-refractivity contribution in [2.45, 2.75) is 47.0 Å². The quantitative estimate of drug-likeness (QED) is 0.711. The standard InChI is InChI=1S/C15H25N/c1-6-8-16(7-2)15-10-13(5)9-14(11-15)12(3)4/h9-12H,6-8H2,1-5H3. The molecule has 1 aromatic carbocycles. The minimum atomic E-state index is 0.610. The lowest BCUT2D eigenvalue weighted by molar-refractivity contribution is 0.787. The molecule has 1 rings (SSSR count). The third kappa shape index (κ3) is 3.26. The fraction of sp³-hybridized carbons (Fsp3) is 0.600. The largest absolute Gasteiger partial charge is 0.372 e. The first-order valence-electron chi connectivity index (χ1n) is 6.45. The van der Waals surface area contributed by atoms with Gasteiger partial charge in [-0.1, -0.05) is 26.8 Å². The minimum Gasteiger partial charge on any atom is -0.372 e. The van der Waals surface area contributed by atoms with E-state index in [0.29, 0.717) is 5.92 Å². The molecule has 0 aliphatic heterocycles. The lowest BCUT2D eigenvalue weighted by Crippen LogP contribution is -2.23. The molecule has 0 amide bonds. The van der Waals surface area contributed by atoms with Crippen LogP contribution in [0.2, 0.25) is 0 Å². The summed E-state index contributed by atoms with van der Waals surface area (Å²) >= 11 is 0. The van der Waals surface area contributed by atoms with Crippen LogP contribution in [-0.2, 0) is 0 Å². The van der Waals surface area contributed by atoms with E-state index >= 15 is 0 Å². The van der Waals surface area contributed by atoms with Gasteiger partial charge in [-0.2, -0.15) is 0 Å². The van der Waals surface area contributed by atoms with Gasteiger partial charge in [-0.15, -0.1) is 0 Å². The third-order valence-corrected chi connectivity index (χ3v) is 2.99. The van der Waals surface area contributed by atoms with E-state index in [9.17, 15) is 0 Å². The summed E-state index contributed by atoms with van der Waals surface area (Å²) in [6.45, 7) is 13.4. The third-order valence-electron chi connectivity index (χ3n) is 2.99. The van der Waals surface area contributed by atoms with E-state index < -0.39 is 0 Å². The summed E-state index contributed by atoms with van der Waals surface area (Å²) in [6.07, 6.45) is 1.21. The number of hydrogen-bond acceptors (Lipinski definition) is 1. The summed E-state index contributed by atoms with van der Waals surface area (Å²) in [5, 5.41) is 0. The lowest BCUT2D eigenvalue weighted by Gasteiger charge is -2.24. The van der Waals surface area contributed by atoms with Gasteiger partial charge >= 0.3 is 0 Å². The van der Waals surface area contributed by atoms with Crippen molar-refractivity contribution < 1.29 is 0 Å². The molecule has 0 N–H and O–H groups in total. The Labute approximate surface area is 100 Å². The molecule has 1 heteroatoms. The molecule has 0 aromatic heterocycles. The lowest BCUT2D eigenvalue weighted by atomic mass is 10.00. The maximum Gasteiger partial charge on any atom is 0.0371 e. The highest BCUT2D eigenvalue weighted by atomic mass is 15.1. The van der Waals surface area contributed by atoms with Crippen molar-refractivity contribution in [3.8, 4) is 0 Å². The summed E-state index contributed by atoms with van der Waals surface area (Å²) in [6, 6.07) is 6.94. The van der Waals surface area contributed by atoms with Crippen LogP contribution in [0.15, 0.2) is 18.2 Å². The topological polar surface area (TPSA) is 3.24 Å². The van der Waals surface area contributed by atoms with Crippen molar-refractivity contribution in [3.05, 3.63) is 29.3 Å². The van der Waals surface area contributed by atoms with Gasteiger partial charge in [0.1, 0.15) is 0 Å². The Morgan fingerprint density at radius 3 is 2.31 bits per heavy atom. The molecule has 90 valence electrons. The molecule has 1 nitrogen and oxygen atoms in total. The maximum atomic E-state index is 2.46. The number of benzene rings is 1. The Balaban J connectivity index is 3.02. The van der Waals surface area contributed by atoms with E-state index in [2.05, 4.69) is 57.7 Å². The van der Waals surface area contributed by atoms with E-state index in [-0.39, 0.29) is 0 Å². The summed E-state index contributed by atoms with van der Waals surface area (Å²) < 4.78 is 0. The van der Waals surface area contributed by atoms with E-state index in [0.717, 1.165) is 13.1 Å². The maximum absolute atomic E-state index is 2.46. The molecular formula is C15H25N. The Kier molecular flexibility index (Phi) is 4.85. The van der Waals surface area contributed by atoms with E-state index in [1.54, 1.807) is 0 Å². The highest BCUT2D eigenvalue weighted by Crippen LogP contribution is 2.24. The summed E-state index contributed by atoms with van der Waals surface area (Å²) in [7, 11) is 0. The predicted octanol–water partition coefficient (Wildman–Crippen LogP) is 4.35. The van der Waals surface area contributed by atoms with Crippen LogP contribution in [0.25, 0.3) is 0 Å². The van der Waals surface area contributed by atoms with Gasteiger partial charge in [0.2, 0.25) is 0 Å². The number of aryl methyl sites for hydroxylation is 1. The molecule has 0 bridgehead atoms. The van der Waals surface area contributed by atoms with Crippen LogP contribution < -0.4 is 4.90 Å². The zero-order valence-corrected chi connectivity index (χ0v) is 11.4. The Morgan fingerprint density at radius 2 is 1.81 bits per heavy atom. The van der Waals surface area contributed by atoms with Crippen LogP contribution in [0, 0.1) is 6.92 Å². The number of hydrogen-bond donors (Lipinski definition) is 0. The number of nitrogens with zero attached hydrogens (tertiary/aromatic N) is 1. The van der Waals surface area contributed by atoms with Crippen molar-refractivity contribution in [2.75, 3.05) is 18.0 Å². The number of anilines is 1. The predicted molar refractivity (Wildman–Crippen MR) is 73.4 cm³/mol. The molecule has 0 fully saturated rings. The fourth-order valence-corrected chi connectivity index (χ4v) is 2.05. The molecular weight excluding hydrogens is 194 g/mol. The molecule has 0 radical (unpaired) electrons. The van der Waals surface area contributed by atoms with Gasteiger partial charge in [0.15, 0.2) is 0 Å². The first kappa shape index (κ1) is 13.1. The van der Waals surface area contributed by atoms with Gasteiger partial charge in [-0.05, 0) is 49.4 Å². The molecule has 16 heavy (non-hydrogen) atoms. The molecule has 0 spiro atoms. The Morgan fingerprint density at radius 1 is 1.12 bits per heavy atom. The van der Waals surface area contributed by atoms with Crippen LogP contribution in [0.1, 0.15) is 51.2 Å². The second kappa shape index (κ2) is 5.93. The Bertz CT molecular complexity index is 328. The second-order valence-electron chi connectivity index (χ2n) is 4.84. The summed E-state index contributed by atoms with van der Waals surface area (Å²) in [5.41, 5.74) is 4.20. The summed E-state index contributed by atoms with van der Waals surface area (Å²) in [5.74, 6) is 0.610. The normalized spacial score (nSPS) is 10.9. The molecule has 0 saturated heterocycles. The summed E-state index contributed by atoms with van der Waals surface area (Å²) in [4.78, 5) is 2.46. The fourth-order valence-electron chi connectivity index (χ4n) is 2.05. The monoisotopic (exact) mass is 219 g/mol.